The second-order valence-corrected chi connectivity index (χ2v) is 5.10. The molecule has 0 spiro atoms. The number of halogens is 2. The van der Waals surface area contributed by atoms with Crippen LogP contribution >= 0.6 is 0 Å². The van der Waals surface area contributed by atoms with Gasteiger partial charge in [0.1, 0.15) is 5.82 Å². The molecule has 3 nitrogen and oxygen atoms in total. The van der Waals surface area contributed by atoms with E-state index in [0.717, 1.165) is 5.56 Å². The van der Waals surface area contributed by atoms with Crippen LogP contribution in [0.1, 0.15) is 18.9 Å². The van der Waals surface area contributed by atoms with Crippen molar-refractivity contribution in [3.63, 3.8) is 0 Å². The second kappa shape index (κ2) is 5.65. The molecule has 19 heavy (non-hydrogen) atoms. The standard InChI is InChI=1S/C14H18F2N2O/c1-10(8-11-2-4-12(15)5-3-11)18-13(19)14(16)6-7-17-9-14/h2-5,10,17H,6-9H2,1H3,(H,18,19)/t10-,14-/m0/s1. The molecule has 104 valence electrons. The predicted molar refractivity (Wildman–Crippen MR) is 69.0 cm³/mol. The zero-order valence-corrected chi connectivity index (χ0v) is 10.9. The Morgan fingerprint density at radius 1 is 1.47 bits per heavy atom. The van der Waals surface area contributed by atoms with Crippen molar-refractivity contribution in [2.24, 2.45) is 0 Å². The number of benzene rings is 1. The molecule has 1 aliphatic heterocycles. The van der Waals surface area contributed by atoms with Crippen molar-refractivity contribution < 1.29 is 13.6 Å². The van der Waals surface area contributed by atoms with E-state index in [4.69, 9.17) is 0 Å². The van der Waals surface area contributed by atoms with Crippen molar-refractivity contribution in [2.45, 2.75) is 31.5 Å². The number of hydrogen-bond donors (Lipinski definition) is 2. The van der Waals surface area contributed by atoms with E-state index >= 15 is 0 Å². The van der Waals surface area contributed by atoms with Crippen LogP contribution in [0.3, 0.4) is 0 Å². The number of carbonyl (C=O) groups excluding carboxylic acids is 1. The molecular formula is C14H18F2N2O. The van der Waals surface area contributed by atoms with Crippen molar-refractivity contribution in [1.29, 1.82) is 0 Å². The summed E-state index contributed by atoms with van der Waals surface area (Å²) in [5.74, 6) is -0.854. The van der Waals surface area contributed by atoms with Gasteiger partial charge in [-0.15, -0.1) is 0 Å². The van der Waals surface area contributed by atoms with Gasteiger partial charge in [-0.2, -0.15) is 0 Å². The molecule has 1 saturated heterocycles. The fourth-order valence-corrected chi connectivity index (χ4v) is 2.23. The lowest BCUT2D eigenvalue weighted by molar-refractivity contribution is -0.132. The largest absolute Gasteiger partial charge is 0.350 e. The van der Waals surface area contributed by atoms with Crippen LogP contribution < -0.4 is 10.6 Å². The van der Waals surface area contributed by atoms with Gasteiger partial charge in [0, 0.05) is 19.0 Å². The Morgan fingerprint density at radius 3 is 2.74 bits per heavy atom. The highest BCUT2D eigenvalue weighted by Gasteiger charge is 2.41. The Hall–Kier alpha value is -1.49. The van der Waals surface area contributed by atoms with Gasteiger partial charge in [-0.25, -0.2) is 8.78 Å². The first-order valence-corrected chi connectivity index (χ1v) is 6.45. The third kappa shape index (κ3) is 3.50. The normalized spacial score (nSPS) is 24.2. The van der Waals surface area contributed by atoms with Crippen molar-refractivity contribution in [3.05, 3.63) is 35.6 Å². The Kier molecular flexibility index (Phi) is 4.14. The highest BCUT2D eigenvalue weighted by molar-refractivity contribution is 5.86. The molecule has 1 aromatic rings. The summed E-state index contributed by atoms with van der Waals surface area (Å²) in [4.78, 5) is 11.8. The van der Waals surface area contributed by atoms with Crippen LogP contribution in [0.4, 0.5) is 8.78 Å². The lowest BCUT2D eigenvalue weighted by atomic mass is 10.0. The van der Waals surface area contributed by atoms with E-state index in [1.54, 1.807) is 12.1 Å². The quantitative estimate of drug-likeness (QED) is 0.870. The molecule has 0 aliphatic carbocycles. The first-order valence-electron chi connectivity index (χ1n) is 6.45. The maximum atomic E-state index is 14.1. The van der Waals surface area contributed by atoms with E-state index < -0.39 is 11.6 Å². The summed E-state index contributed by atoms with van der Waals surface area (Å²) >= 11 is 0. The SMILES string of the molecule is C[C@@H](Cc1ccc(F)cc1)NC(=O)[C@]1(F)CCNC1. The minimum atomic E-state index is -1.79. The first-order chi connectivity index (χ1) is 8.99. The Balaban J connectivity index is 1.88. The van der Waals surface area contributed by atoms with Crippen molar-refractivity contribution >= 4 is 5.91 Å². The zero-order valence-electron chi connectivity index (χ0n) is 10.9. The van der Waals surface area contributed by atoms with Gasteiger partial charge >= 0.3 is 0 Å². The minimum absolute atomic E-state index is 0.0715. The van der Waals surface area contributed by atoms with Crippen LogP contribution in [0.5, 0.6) is 0 Å². The van der Waals surface area contributed by atoms with Crippen molar-refractivity contribution in [1.82, 2.24) is 10.6 Å². The smallest absolute Gasteiger partial charge is 0.259 e. The van der Waals surface area contributed by atoms with E-state index in [0.29, 0.717) is 13.0 Å². The van der Waals surface area contributed by atoms with Gasteiger partial charge in [-0.1, -0.05) is 12.1 Å². The minimum Gasteiger partial charge on any atom is -0.350 e. The molecule has 2 atom stereocenters. The van der Waals surface area contributed by atoms with Crippen LogP contribution in [0, 0.1) is 5.82 Å². The van der Waals surface area contributed by atoms with Crippen molar-refractivity contribution in [2.75, 3.05) is 13.1 Å². The molecular weight excluding hydrogens is 250 g/mol. The Morgan fingerprint density at radius 2 is 2.16 bits per heavy atom. The number of nitrogens with one attached hydrogen (secondary N) is 2. The lowest BCUT2D eigenvalue weighted by Crippen LogP contribution is -2.48. The van der Waals surface area contributed by atoms with E-state index in [1.165, 1.54) is 12.1 Å². The van der Waals surface area contributed by atoms with Gasteiger partial charge in [0.2, 0.25) is 5.67 Å². The van der Waals surface area contributed by atoms with Gasteiger partial charge < -0.3 is 10.6 Å². The maximum absolute atomic E-state index is 14.1. The van der Waals surface area contributed by atoms with Gasteiger partial charge in [0.25, 0.3) is 5.91 Å². The summed E-state index contributed by atoms with van der Waals surface area (Å²) in [5.41, 5.74) is -0.886. The van der Waals surface area contributed by atoms with Crippen LogP contribution in [-0.2, 0) is 11.2 Å². The first kappa shape index (κ1) is 13.9. The van der Waals surface area contributed by atoms with Gasteiger partial charge in [0.05, 0.1) is 0 Å². The van der Waals surface area contributed by atoms with E-state index in [9.17, 15) is 13.6 Å². The number of amides is 1. The summed E-state index contributed by atoms with van der Waals surface area (Å²) in [6.45, 7) is 2.41. The van der Waals surface area contributed by atoms with Crippen LogP contribution in [0.2, 0.25) is 0 Å². The fraction of sp³-hybridized carbons (Fsp3) is 0.500. The average Bonchev–Trinajstić information content (AvgIpc) is 2.80. The zero-order chi connectivity index (χ0) is 13.9. The molecule has 1 aromatic carbocycles. The molecule has 1 amide bonds. The highest BCUT2D eigenvalue weighted by Crippen LogP contribution is 2.20. The highest BCUT2D eigenvalue weighted by atomic mass is 19.1. The molecule has 0 saturated carbocycles. The maximum Gasteiger partial charge on any atom is 0.259 e. The summed E-state index contributed by atoms with van der Waals surface area (Å²) in [6, 6.07) is 5.90. The number of rotatable bonds is 4. The molecule has 1 aliphatic rings. The number of alkyl halides is 1. The molecule has 1 heterocycles. The van der Waals surface area contributed by atoms with Crippen LogP contribution in [-0.4, -0.2) is 30.7 Å². The monoisotopic (exact) mass is 268 g/mol. The molecule has 0 aromatic heterocycles. The summed E-state index contributed by atoms with van der Waals surface area (Å²) in [6.07, 6.45) is 0.762. The third-order valence-electron chi connectivity index (χ3n) is 3.34. The molecule has 0 unspecified atom stereocenters. The molecule has 2 N–H and O–H groups in total. The number of hydrogen-bond acceptors (Lipinski definition) is 2. The molecule has 2 rings (SSSR count). The van der Waals surface area contributed by atoms with E-state index in [1.807, 2.05) is 6.92 Å². The average molecular weight is 268 g/mol. The predicted octanol–water partition coefficient (Wildman–Crippen LogP) is 1.57. The molecule has 1 fully saturated rings. The van der Waals surface area contributed by atoms with Crippen LogP contribution in [0.15, 0.2) is 24.3 Å². The lowest BCUT2D eigenvalue weighted by Gasteiger charge is -2.21. The van der Waals surface area contributed by atoms with Gasteiger partial charge in [-0.05, 0) is 37.6 Å². The number of carbonyl (C=O) groups is 1. The molecule has 0 bridgehead atoms. The topological polar surface area (TPSA) is 41.1 Å². The van der Waals surface area contributed by atoms with Gasteiger partial charge in [0.15, 0.2) is 0 Å². The Bertz CT molecular complexity index is 441. The molecule has 5 heteroatoms. The van der Waals surface area contributed by atoms with Gasteiger partial charge in [-0.3, -0.25) is 4.79 Å². The van der Waals surface area contributed by atoms with Crippen molar-refractivity contribution in [3.8, 4) is 0 Å². The Labute approximate surface area is 111 Å². The summed E-state index contributed by atoms with van der Waals surface area (Å²) < 4.78 is 26.9. The molecule has 0 radical (unpaired) electrons. The van der Waals surface area contributed by atoms with E-state index in [2.05, 4.69) is 10.6 Å². The van der Waals surface area contributed by atoms with Crippen LogP contribution in [0.25, 0.3) is 0 Å². The third-order valence-corrected chi connectivity index (χ3v) is 3.34. The second-order valence-electron chi connectivity index (χ2n) is 5.10. The summed E-state index contributed by atoms with van der Waals surface area (Å²) in [7, 11) is 0. The fourth-order valence-electron chi connectivity index (χ4n) is 2.23. The summed E-state index contributed by atoms with van der Waals surface area (Å²) in [5, 5.41) is 5.52. The van der Waals surface area contributed by atoms with E-state index in [-0.39, 0.29) is 24.8 Å².